The number of nitrogens with zero attached hydrogens (tertiary/aromatic N) is 1. The lowest BCUT2D eigenvalue weighted by Gasteiger charge is -2.08. The SMILES string of the molecule is OCc1ncc(-c2ccc(C(F)(F)F)cc2)cc1O. The van der Waals surface area contributed by atoms with Crippen LogP contribution in [0.25, 0.3) is 11.1 Å². The van der Waals surface area contributed by atoms with Gasteiger partial charge in [-0.1, -0.05) is 12.1 Å². The standard InChI is InChI=1S/C13H10F3NO2/c14-13(15,16)10-3-1-8(2-4-10)9-5-12(19)11(7-18)17-6-9/h1-6,18-19H,7H2. The van der Waals surface area contributed by atoms with Crippen molar-refractivity contribution in [2.24, 2.45) is 0 Å². The van der Waals surface area contributed by atoms with E-state index in [0.29, 0.717) is 11.1 Å². The van der Waals surface area contributed by atoms with Crippen LogP contribution in [0.4, 0.5) is 13.2 Å². The van der Waals surface area contributed by atoms with Crippen molar-refractivity contribution in [1.82, 2.24) is 4.98 Å². The van der Waals surface area contributed by atoms with Gasteiger partial charge in [0.2, 0.25) is 0 Å². The van der Waals surface area contributed by atoms with Crippen molar-refractivity contribution >= 4 is 0 Å². The van der Waals surface area contributed by atoms with Gasteiger partial charge in [-0.2, -0.15) is 13.2 Å². The Labute approximate surface area is 107 Å². The molecule has 1 aromatic carbocycles. The van der Waals surface area contributed by atoms with Gasteiger partial charge in [-0.25, -0.2) is 0 Å². The average molecular weight is 269 g/mol. The number of benzene rings is 1. The number of pyridine rings is 1. The van der Waals surface area contributed by atoms with Gasteiger partial charge >= 0.3 is 6.18 Å². The lowest BCUT2D eigenvalue weighted by atomic mass is 10.0. The maximum atomic E-state index is 12.4. The summed E-state index contributed by atoms with van der Waals surface area (Å²) < 4.78 is 37.2. The lowest BCUT2D eigenvalue weighted by Crippen LogP contribution is -2.04. The van der Waals surface area contributed by atoms with Crippen LogP contribution in [0.2, 0.25) is 0 Å². The van der Waals surface area contributed by atoms with Gasteiger partial charge in [-0.3, -0.25) is 4.98 Å². The molecule has 100 valence electrons. The highest BCUT2D eigenvalue weighted by atomic mass is 19.4. The Kier molecular flexibility index (Phi) is 3.44. The molecule has 0 spiro atoms. The van der Waals surface area contributed by atoms with Gasteiger partial charge < -0.3 is 10.2 Å². The van der Waals surface area contributed by atoms with E-state index < -0.39 is 18.3 Å². The van der Waals surface area contributed by atoms with E-state index in [-0.39, 0.29) is 11.4 Å². The molecular formula is C13H10F3NO2. The molecule has 2 aromatic rings. The van der Waals surface area contributed by atoms with Crippen LogP contribution < -0.4 is 0 Å². The van der Waals surface area contributed by atoms with Crippen molar-refractivity contribution in [2.75, 3.05) is 0 Å². The van der Waals surface area contributed by atoms with E-state index in [1.54, 1.807) is 0 Å². The van der Waals surface area contributed by atoms with E-state index in [4.69, 9.17) is 5.11 Å². The molecule has 19 heavy (non-hydrogen) atoms. The first-order valence-corrected chi connectivity index (χ1v) is 5.38. The first-order chi connectivity index (χ1) is 8.91. The number of aromatic nitrogens is 1. The normalized spacial score (nSPS) is 11.6. The van der Waals surface area contributed by atoms with Crippen molar-refractivity contribution in [2.45, 2.75) is 12.8 Å². The molecule has 0 amide bonds. The van der Waals surface area contributed by atoms with Crippen LogP contribution in [-0.4, -0.2) is 15.2 Å². The summed E-state index contributed by atoms with van der Waals surface area (Å²) in [5.41, 5.74) is 0.361. The number of hydrogen-bond acceptors (Lipinski definition) is 3. The van der Waals surface area contributed by atoms with E-state index in [2.05, 4.69) is 4.98 Å². The first-order valence-electron chi connectivity index (χ1n) is 5.38. The number of aromatic hydroxyl groups is 1. The summed E-state index contributed by atoms with van der Waals surface area (Å²) in [6.07, 6.45) is -2.99. The first kappa shape index (κ1) is 13.4. The highest BCUT2D eigenvalue weighted by Gasteiger charge is 2.29. The van der Waals surface area contributed by atoms with Gasteiger partial charge in [0.15, 0.2) is 0 Å². The zero-order chi connectivity index (χ0) is 14.0. The second kappa shape index (κ2) is 4.89. The third kappa shape index (κ3) is 2.85. The van der Waals surface area contributed by atoms with Crippen LogP contribution in [0.1, 0.15) is 11.3 Å². The average Bonchev–Trinajstić information content (AvgIpc) is 2.38. The van der Waals surface area contributed by atoms with Crippen molar-refractivity contribution in [3.05, 3.63) is 47.8 Å². The molecule has 2 rings (SSSR count). The predicted octanol–water partition coefficient (Wildman–Crippen LogP) is 2.97. The van der Waals surface area contributed by atoms with Crippen molar-refractivity contribution in [3.8, 4) is 16.9 Å². The Bertz CT molecular complexity index is 579. The van der Waals surface area contributed by atoms with Gasteiger partial charge in [0.25, 0.3) is 0 Å². The molecule has 0 fully saturated rings. The zero-order valence-electron chi connectivity index (χ0n) is 9.65. The third-order valence-corrected chi connectivity index (χ3v) is 2.64. The zero-order valence-corrected chi connectivity index (χ0v) is 9.65. The Morgan fingerprint density at radius 1 is 1.05 bits per heavy atom. The molecule has 1 heterocycles. The van der Waals surface area contributed by atoms with Gasteiger partial charge in [-0.15, -0.1) is 0 Å². The summed E-state index contributed by atoms with van der Waals surface area (Å²) in [4.78, 5) is 3.82. The van der Waals surface area contributed by atoms with Crippen LogP contribution in [0.3, 0.4) is 0 Å². The Morgan fingerprint density at radius 2 is 1.68 bits per heavy atom. The van der Waals surface area contributed by atoms with E-state index in [1.165, 1.54) is 24.4 Å². The highest BCUT2D eigenvalue weighted by Crippen LogP contribution is 2.31. The highest BCUT2D eigenvalue weighted by molar-refractivity contribution is 5.64. The molecule has 1 aromatic heterocycles. The molecule has 3 nitrogen and oxygen atoms in total. The third-order valence-electron chi connectivity index (χ3n) is 2.64. The minimum Gasteiger partial charge on any atom is -0.506 e. The summed E-state index contributed by atoms with van der Waals surface area (Å²) in [5, 5.41) is 18.4. The fourth-order valence-corrected chi connectivity index (χ4v) is 1.61. The molecule has 0 saturated carbocycles. The molecule has 0 unspecified atom stereocenters. The second-order valence-electron chi connectivity index (χ2n) is 3.92. The van der Waals surface area contributed by atoms with Crippen LogP contribution >= 0.6 is 0 Å². The number of alkyl halides is 3. The number of aliphatic hydroxyl groups is 1. The maximum absolute atomic E-state index is 12.4. The minimum absolute atomic E-state index is 0.121. The van der Waals surface area contributed by atoms with Crippen LogP contribution in [0.15, 0.2) is 36.5 Å². The molecule has 0 atom stereocenters. The number of aliphatic hydroxyl groups excluding tert-OH is 1. The van der Waals surface area contributed by atoms with Gasteiger partial charge in [-0.05, 0) is 23.8 Å². The maximum Gasteiger partial charge on any atom is 0.416 e. The van der Waals surface area contributed by atoms with Gasteiger partial charge in [0.1, 0.15) is 11.4 Å². The molecule has 0 radical (unpaired) electrons. The van der Waals surface area contributed by atoms with E-state index >= 15 is 0 Å². The smallest absolute Gasteiger partial charge is 0.416 e. The Balaban J connectivity index is 2.35. The molecule has 0 bridgehead atoms. The van der Waals surface area contributed by atoms with Crippen LogP contribution in [0.5, 0.6) is 5.75 Å². The van der Waals surface area contributed by atoms with Gasteiger partial charge in [0, 0.05) is 11.8 Å². The van der Waals surface area contributed by atoms with Gasteiger partial charge in [0.05, 0.1) is 12.2 Å². The fourth-order valence-electron chi connectivity index (χ4n) is 1.61. The van der Waals surface area contributed by atoms with Crippen molar-refractivity contribution in [3.63, 3.8) is 0 Å². The molecule has 0 saturated heterocycles. The topological polar surface area (TPSA) is 53.4 Å². The summed E-state index contributed by atoms with van der Waals surface area (Å²) in [6.45, 7) is -0.404. The molecular weight excluding hydrogens is 259 g/mol. The van der Waals surface area contributed by atoms with E-state index in [0.717, 1.165) is 12.1 Å². The monoisotopic (exact) mass is 269 g/mol. The van der Waals surface area contributed by atoms with Crippen LogP contribution in [-0.2, 0) is 12.8 Å². The number of halogens is 3. The lowest BCUT2D eigenvalue weighted by molar-refractivity contribution is -0.137. The Hall–Kier alpha value is -2.08. The Morgan fingerprint density at radius 3 is 2.16 bits per heavy atom. The number of hydrogen-bond donors (Lipinski definition) is 2. The predicted molar refractivity (Wildman–Crippen MR) is 62.3 cm³/mol. The summed E-state index contributed by atoms with van der Waals surface area (Å²) >= 11 is 0. The molecule has 2 N–H and O–H groups in total. The second-order valence-corrected chi connectivity index (χ2v) is 3.92. The fraction of sp³-hybridized carbons (Fsp3) is 0.154. The summed E-state index contributed by atoms with van der Waals surface area (Å²) in [5.74, 6) is -0.195. The summed E-state index contributed by atoms with van der Waals surface area (Å²) in [7, 11) is 0. The summed E-state index contributed by atoms with van der Waals surface area (Å²) in [6, 6.07) is 5.88. The van der Waals surface area contributed by atoms with E-state index in [9.17, 15) is 18.3 Å². The van der Waals surface area contributed by atoms with Crippen LogP contribution in [0, 0.1) is 0 Å². The van der Waals surface area contributed by atoms with Crippen molar-refractivity contribution < 1.29 is 23.4 Å². The largest absolute Gasteiger partial charge is 0.506 e. The molecule has 0 aliphatic heterocycles. The number of rotatable bonds is 2. The van der Waals surface area contributed by atoms with E-state index in [1.807, 2.05) is 0 Å². The molecule has 0 aliphatic rings. The quantitative estimate of drug-likeness (QED) is 0.881. The van der Waals surface area contributed by atoms with Crippen molar-refractivity contribution in [1.29, 1.82) is 0 Å². The molecule has 0 aliphatic carbocycles. The minimum atomic E-state index is -4.38. The molecule has 6 heteroatoms.